The highest BCUT2D eigenvalue weighted by atomic mass is 16.4. The van der Waals surface area contributed by atoms with Gasteiger partial charge in [-0.2, -0.15) is 0 Å². The highest BCUT2D eigenvalue weighted by molar-refractivity contribution is 5.66. The topological polar surface area (TPSA) is 37.3 Å². The van der Waals surface area contributed by atoms with Gasteiger partial charge in [0.25, 0.3) is 0 Å². The van der Waals surface area contributed by atoms with Crippen molar-refractivity contribution in [3.05, 3.63) is 24.3 Å². The van der Waals surface area contributed by atoms with Gasteiger partial charge in [-0.15, -0.1) is 0 Å². The third-order valence-corrected chi connectivity index (χ3v) is 3.85. The van der Waals surface area contributed by atoms with Crippen molar-refractivity contribution >= 4 is 5.97 Å². The molecule has 0 heterocycles. The number of rotatable bonds is 16. The third-order valence-electron chi connectivity index (χ3n) is 3.85. The smallest absolute Gasteiger partial charge is 0.303 e. The van der Waals surface area contributed by atoms with Crippen LogP contribution in [0.5, 0.6) is 0 Å². The molecule has 0 aromatic carbocycles. The van der Waals surface area contributed by atoms with E-state index in [9.17, 15) is 4.79 Å². The Hall–Kier alpha value is -1.05. The summed E-state index contributed by atoms with van der Waals surface area (Å²) in [7, 11) is 0. The molecule has 0 aliphatic heterocycles. The summed E-state index contributed by atoms with van der Waals surface area (Å²) < 4.78 is 0. The van der Waals surface area contributed by atoms with E-state index in [2.05, 4.69) is 31.2 Å². The van der Waals surface area contributed by atoms with E-state index in [1.165, 1.54) is 57.8 Å². The molecular formula is C20H36O2. The van der Waals surface area contributed by atoms with Crippen LogP contribution in [-0.4, -0.2) is 11.1 Å². The number of carbonyl (C=O) groups is 1. The fourth-order valence-electron chi connectivity index (χ4n) is 2.51. The van der Waals surface area contributed by atoms with Crippen LogP contribution in [0.3, 0.4) is 0 Å². The highest BCUT2D eigenvalue weighted by Gasteiger charge is 1.96. The molecule has 2 heteroatoms. The molecule has 0 saturated heterocycles. The quantitative estimate of drug-likeness (QED) is 0.255. The van der Waals surface area contributed by atoms with Crippen LogP contribution in [0.1, 0.15) is 96.8 Å². The minimum atomic E-state index is -0.660. The van der Waals surface area contributed by atoms with Gasteiger partial charge >= 0.3 is 5.97 Å². The van der Waals surface area contributed by atoms with Gasteiger partial charge in [-0.3, -0.25) is 4.79 Å². The zero-order chi connectivity index (χ0) is 16.3. The first-order valence-electron chi connectivity index (χ1n) is 9.29. The maximum atomic E-state index is 10.4. The van der Waals surface area contributed by atoms with E-state index < -0.39 is 5.97 Å². The largest absolute Gasteiger partial charge is 0.481 e. The Balaban J connectivity index is 3.08. The summed E-state index contributed by atoms with van der Waals surface area (Å²) in [6, 6.07) is 0. The lowest BCUT2D eigenvalue weighted by molar-refractivity contribution is -0.137. The van der Waals surface area contributed by atoms with Gasteiger partial charge in [-0.25, -0.2) is 0 Å². The SMILES string of the molecule is CC/C=C/C/C=C/CCCCCCCCCCCCC(=O)O. The van der Waals surface area contributed by atoms with Crippen molar-refractivity contribution in [1.82, 2.24) is 0 Å². The number of hydrogen-bond donors (Lipinski definition) is 1. The lowest BCUT2D eigenvalue weighted by Gasteiger charge is -2.01. The summed E-state index contributed by atoms with van der Waals surface area (Å²) in [6.45, 7) is 2.17. The molecule has 0 unspecified atom stereocenters. The third kappa shape index (κ3) is 18.9. The fourth-order valence-corrected chi connectivity index (χ4v) is 2.51. The number of hydrogen-bond acceptors (Lipinski definition) is 1. The Morgan fingerprint density at radius 2 is 1.23 bits per heavy atom. The molecule has 0 amide bonds. The van der Waals surface area contributed by atoms with Crippen molar-refractivity contribution < 1.29 is 9.90 Å². The summed E-state index contributed by atoms with van der Waals surface area (Å²) in [5.74, 6) is -0.660. The number of unbranched alkanes of at least 4 members (excludes halogenated alkanes) is 10. The Kier molecular flexibility index (Phi) is 17.1. The second-order valence-corrected chi connectivity index (χ2v) is 6.05. The highest BCUT2D eigenvalue weighted by Crippen LogP contribution is 2.12. The van der Waals surface area contributed by atoms with Crippen LogP contribution < -0.4 is 0 Å². The molecule has 0 aliphatic rings. The van der Waals surface area contributed by atoms with Crippen LogP contribution in [0, 0.1) is 0 Å². The molecular weight excluding hydrogens is 272 g/mol. The van der Waals surface area contributed by atoms with Crippen LogP contribution in [0.25, 0.3) is 0 Å². The Morgan fingerprint density at radius 1 is 0.727 bits per heavy atom. The summed E-state index contributed by atoms with van der Waals surface area (Å²) in [5, 5.41) is 8.53. The van der Waals surface area contributed by atoms with Crippen molar-refractivity contribution in [1.29, 1.82) is 0 Å². The molecule has 0 fully saturated rings. The molecule has 0 aromatic rings. The van der Waals surface area contributed by atoms with E-state index in [1.54, 1.807) is 0 Å². The first kappa shape index (κ1) is 20.9. The number of allylic oxidation sites excluding steroid dienone is 4. The zero-order valence-corrected chi connectivity index (χ0v) is 14.6. The van der Waals surface area contributed by atoms with E-state index in [1.807, 2.05) is 0 Å². The maximum absolute atomic E-state index is 10.4. The average Bonchev–Trinajstić information content (AvgIpc) is 2.50. The van der Waals surface area contributed by atoms with Crippen molar-refractivity contribution in [3.8, 4) is 0 Å². The molecule has 1 N–H and O–H groups in total. The monoisotopic (exact) mass is 308 g/mol. The van der Waals surface area contributed by atoms with Crippen molar-refractivity contribution in [2.45, 2.75) is 96.8 Å². The van der Waals surface area contributed by atoms with Crippen molar-refractivity contribution in [3.63, 3.8) is 0 Å². The van der Waals surface area contributed by atoms with Crippen LogP contribution >= 0.6 is 0 Å². The maximum Gasteiger partial charge on any atom is 0.303 e. The average molecular weight is 309 g/mol. The minimum Gasteiger partial charge on any atom is -0.481 e. The normalized spacial score (nSPS) is 11.7. The predicted octanol–water partition coefficient (Wildman–Crippen LogP) is 6.66. The zero-order valence-electron chi connectivity index (χ0n) is 14.6. The van der Waals surface area contributed by atoms with Gasteiger partial charge in [0.15, 0.2) is 0 Å². The molecule has 0 spiro atoms. The molecule has 2 nitrogen and oxygen atoms in total. The Labute approximate surface area is 137 Å². The molecule has 0 saturated carbocycles. The molecule has 0 atom stereocenters. The van der Waals surface area contributed by atoms with Gasteiger partial charge in [-0.05, 0) is 32.1 Å². The van der Waals surface area contributed by atoms with Crippen molar-refractivity contribution in [2.24, 2.45) is 0 Å². The second kappa shape index (κ2) is 18.0. The van der Waals surface area contributed by atoms with Crippen LogP contribution in [0.2, 0.25) is 0 Å². The van der Waals surface area contributed by atoms with E-state index in [4.69, 9.17) is 5.11 Å². The van der Waals surface area contributed by atoms with E-state index in [0.29, 0.717) is 6.42 Å². The van der Waals surface area contributed by atoms with Gasteiger partial charge in [-0.1, -0.05) is 82.6 Å². The van der Waals surface area contributed by atoms with Gasteiger partial charge in [0, 0.05) is 6.42 Å². The lowest BCUT2D eigenvalue weighted by Crippen LogP contribution is -1.93. The minimum absolute atomic E-state index is 0.337. The molecule has 0 radical (unpaired) electrons. The summed E-state index contributed by atoms with van der Waals surface area (Å²) in [4.78, 5) is 10.4. The summed E-state index contributed by atoms with van der Waals surface area (Å²) >= 11 is 0. The van der Waals surface area contributed by atoms with Gasteiger partial charge < -0.3 is 5.11 Å². The fraction of sp³-hybridized carbons (Fsp3) is 0.750. The lowest BCUT2D eigenvalue weighted by atomic mass is 10.1. The van der Waals surface area contributed by atoms with Gasteiger partial charge in [0.1, 0.15) is 0 Å². The first-order valence-corrected chi connectivity index (χ1v) is 9.29. The molecule has 0 rings (SSSR count). The molecule has 0 aliphatic carbocycles. The Bertz CT molecular complexity index is 292. The first-order chi connectivity index (χ1) is 10.8. The second-order valence-electron chi connectivity index (χ2n) is 6.05. The standard InChI is InChI=1S/C20H36O2/c1-2-3-4-5-6-7-8-9-10-11-12-13-14-15-16-17-18-19-20(21)22/h3-4,6-7H,2,5,8-19H2,1H3,(H,21,22)/b4-3+,7-6+. The number of aliphatic carboxylic acids is 1. The van der Waals surface area contributed by atoms with Crippen LogP contribution in [0.15, 0.2) is 24.3 Å². The number of carboxylic acids is 1. The summed E-state index contributed by atoms with van der Waals surface area (Å²) in [6.07, 6.45) is 25.3. The van der Waals surface area contributed by atoms with E-state index in [-0.39, 0.29) is 0 Å². The van der Waals surface area contributed by atoms with E-state index >= 15 is 0 Å². The van der Waals surface area contributed by atoms with Crippen LogP contribution in [0.4, 0.5) is 0 Å². The van der Waals surface area contributed by atoms with E-state index in [0.717, 1.165) is 25.7 Å². The Morgan fingerprint density at radius 3 is 1.77 bits per heavy atom. The molecule has 0 aromatic heterocycles. The van der Waals surface area contributed by atoms with Gasteiger partial charge in [0.2, 0.25) is 0 Å². The van der Waals surface area contributed by atoms with Gasteiger partial charge in [0.05, 0.1) is 0 Å². The number of carboxylic acid groups (broad SMARTS) is 1. The molecule has 22 heavy (non-hydrogen) atoms. The summed E-state index contributed by atoms with van der Waals surface area (Å²) in [5.41, 5.74) is 0. The predicted molar refractivity (Wildman–Crippen MR) is 96.2 cm³/mol. The van der Waals surface area contributed by atoms with Crippen molar-refractivity contribution in [2.75, 3.05) is 0 Å². The van der Waals surface area contributed by atoms with Crippen LogP contribution in [-0.2, 0) is 4.79 Å². The molecule has 128 valence electrons. The molecule has 0 bridgehead atoms.